The summed E-state index contributed by atoms with van der Waals surface area (Å²) in [4.78, 5) is 0. The van der Waals surface area contributed by atoms with E-state index >= 15 is 0 Å². The first-order chi connectivity index (χ1) is 7.80. The van der Waals surface area contributed by atoms with Crippen LogP contribution in [0.2, 0.25) is 0 Å². The summed E-state index contributed by atoms with van der Waals surface area (Å²) in [6, 6.07) is 0.442. The fourth-order valence-electron chi connectivity index (χ4n) is 1.23. The van der Waals surface area contributed by atoms with Crippen LogP contribution in [-0.2, 0) is 0 Å². The average Bonchev–Trinajstić information content (AvgIpc) is 2.27. The molecule has 0 aliphatic carbocycles. The molecule has 1 aromatic rings. The third-order valence-corrected chi connectivity index (χ3v) is 2.24. The SMILES string of the molecule is COc1ccc(C(N)C(F)(F)C(F)F)cc1F. The highest BCUT2D eigenvalue weighted by molar-refractivity contribution is 5.31. The number of halogens is 5. The van der Waals surface area contributed by atoms with Crippen molar-refractivity contribution in [2.24, 2.45) is 5.73 Å². The molecule has 1 rings (SSSR count). The zero-order chi connectivity index (χ0) is 13.2. The molecule has 0 saturated carbocycles. The third-order valence-electron chi connectivity index (χ3n) is 2.24. The zero-order valence-electron chi connectivity index (χ0n) is 8.76. The minimum atomic E-state index is -4.42. The molecule has 0 spiro atoms. The Hall–Kier alpha value is -1.37. The van der Waals surface area contributed by atoms with Gasteiger partial charge >= 0.3 is 12.3 Å². The number of hydrogen-bond donors (Lipinski definition) is 1. The number of methoxy groups -OCH3 is 1. The van der Waals surface area contributed by atoms with Gasteiger partial charge < -0.3 is 10.5 Å². The monoisotopic (exact) mass is 255 g/mol. The quantitative estimate of drug-likeness (QED) is 0.839. The van der Waals surface area contributed by atoms with Crippen molar-refractivity contribution in [3.63, 3.8) is 0 Å². The standard InChI is InChI=1S/C10H10F5NO/c1-17-7-3-2-5(4-6(7)11)8(16)10(14,15)9(12)13/h2-4,8-9H,16H2,1H3. The van der Waals surface area contributed by atoms with E-state index in [-0.39, 0.29) is 5.75 Å². The summed E-state index contributed by atoms with van der Waals surface area (Å²) < 4.78 is 67.7. The smallest absolute Gasteiger partial charge is 0.326 e. The second-order valence-electron chi connectivity index (χ2n) is 3.35. The topological polar surface area (TPSA) is 35.2 Å². The van der Waals surface area contributed by atoms with Crippen molar-refractivity contribution in [2.75, 3.05) is 7.11 Å². The molecule has 17 heavy (non-hydrogen) atoms. The van der Waals surface area contributed by atoms with Gasteiger partial charge in [0.1, 0.15) is 6.04 Å². The first-order valence-electron chi connectivity index (χ1n) is 4.55. The van der Waals surface area contributed by atoms with Crippen LogP contribution < -0.4 is 10.5 Å². The largest absolute Gasteiger partial charge is 0.494 e. The first kappa shape index (κ1) is 13.7. The zero-order valence-corrected chi connectivity index (χ0v) is 8.76. The van der Waals surface area contributed by atoms with Crippen molar-refractivity contribution in [3.05, 3.63) is 29.6 Å². The van der Waals surface area contributed by atoms with Crippen molar-refractivity contribution in [1.82, 2.24) is 0 Å². The number of ether oxygens (including phenoxy) is 1. The van der Waals surface area contributed by atoms with E-state index in [0.717, 1.165) is 12.1 Å². The van der Waals surface area contributed by atoms with Crippen molar-refractivity contribution in [2.45, 2.75) is 18.4 Å². The highest BCUT2D eigenvalue weighted by Crippen LogP contribution is 2.35. The molecule has 1 aromatic carbocycles. The van der Waals surface area contributed by atoms with Crippen molar-refractivity contribution < 1.29 is 26.7 Å². The molecule has 0 bridgehead atoms. The van der Waals surface area contributed by atoms with Gasteiger partial charge in [0, 0.05) is 0 Å². The lowest BCUT2D eigenvalue weighted by Gasteiger charge is -2.23. The summed E-state index contributed by atoms with van der Waals surface area (Å²) in [6.07, 6.45) is -3.91. The maximum Gasteiger partial charge on any atom is 0.326 e. The number of rotatable bonds is 4. The fourth-order valence-corrected chi connectivity index (χ4v) is 1.23. The van der Waals surface area contributed by atoms with Crippen molar-refractivity contribution in [3.8, 4) is 5.75 Å². The molecule has 0 saturated heterocycles. The van der Waals surface area contributed by atoms with Crippen LogP contribution >= 0.6 is 0 Å². The summed E-state index contributed by atoms with van der Waals surface area (Å²) in [6.45, 7) is 0. The Kier molecular flexibility index (Phi) is 3.92. The van der Waals surface area contributed by atoms with E-state index in [2.05, 4.69) is 4.74 Å². The molecule has 2 nitrogen and oxygen atoms in total. The molecule has 1 unspecified atom stereocenters. The summed E-state index contributed by atoms with van der Waals surface area (Å²) >= 11 is 0. The van der Waals surface area contributed by atoms with Crippen LogP contribution in [0.5, 0.6) is 5.75 Å². The number of hydrogen-bond acceptors (Lipinski definition) is 2. The Morgan fingerprint density at radius 3 is 2.29 bits per heavy atom. The van der Waals surface area contributed by atoms with E-state index in [0.29, 0.717) is 6.07 Å². The van der Waals surface area contributed by atoms with Gasteiger partial charge in [-0.3, -0.25) is 0 Å². The van der Waals surface area contributed by atoms with E-state index in [4.69, 9.17) is 5.73 Å². The Balaban J connectivity index is 3.05. The molecular weight excluding hydrogens is 245 g/mol. The van der Waals surface area contributed by atoms with Crippen LogP contribution in [0.3, 0.4) is 0 Å². The van der Waals surface area contributed by atoms with E-state index in [9.17, 15) is 22.0 Å². The number of nitrogens with two attached hydrogens (primary N) is 1. The predicted octanol–water partition coefficient (Wildman–Crippen LogP) is 2.73. The minimum Gasteiger partial charge on any atom is -0.494 e. The molecule has 0 amide bonds. The molecule has 0 aliphatic heterocycles. The van der Waals surface area contributed by atoms with Crippen LogP contribution in [0.1, 0.15) is 11.6 Å². The normalized spacial score (nSPS) is 13.9. The van der Waals surface area contributed by atoms with Gasteiger partial charge in [0.2, 0.25) is 0 Å². The van der Waals surface area contributed by atoms with Crippen molar-refractivity contribution in [1.29, 1.82) is 0 Å². The van der Waals surface area contributed by atoms with Crippen molar-refractivity contribution >= 4 is 0 Å². The van der Waals surface area contributed by atoms with Crippen LogP contribution in [0, 0.1) is 5.82 Å². The van der Waals surface area contributed by atoms with Crippen LogP contribution in [0.25, 0.3) is 0 Å². The van der Waals surface area contributed by atoms with Gasteiger partial charge in [-0.1, -0.05) is 6.07 Å². The Bertz CT molecular complexity index is 396. The van der Waals surface area contributed by atoms with E-state index in [1.54, 1.807) is 0 Å². The maximum absolute atomic E-state index is 13.2. The van der Waals surface area contributed by atoms with Crippen LogP contribution in [-0.4, -0.2) is 19.5 Å². The Morgan fingerprint density at radius 1 is 1.29 bits per heavy atom. The fraction of sp³-hybridized carbons (Fsp3) is 0.400. The second-order valence-corrected chi connectivity index (χ2v) is 3.35. The van der Waals surface area contributed by atoms with E-state index < -0.39 is 29.8 Å². The van der Waals surface area contributed by atoms with Gasteiger partial charge in [0.15, 0.2) is 11.6 Å². The van der Waals surface area contributed by atoms with Gasteiger partial charge in [0.05, 0.1) is 7.11 Å². The molecule has 0 radical (unpaired) electrons. The molecule has 1 atom stereocenters. The summed E-state index contributed by atoms with van der Waals surface area (Å²) in [5, 5.41) is 0. The van der Waals surface area contributed by atoms with Gasteiger partial charge in [-0.2, -0.15) is 8.78 Å². The molecule has 96 valence electrons. The van der Waals surface area contributed by atoms with E-state index in [1.165, 1.54) is 7.11 Å². The lowest BCUT2D eigenvalue weighted by atomic mass is 10.0. The lowest BCUT2D eigenvalue weighted by molar-refractivity contribution is -0.144. The van der Waals surface area contributed by atoms with Gasteiger partial charge in [-0.05, 0) is 17.7 Å². The second kappa shape index (κ2) is 4.87. The Morgan fingerprint density at radius 2 is 1.88 bits per heavy atom. The molecular formula is C10H10F5NO. The molecule has 2 N–H and O–H groups in total. The number of alkyl halides is 4. The highest BCUT2D eigenvalue weighted by atomic mass is 19.3. The predicted molar refractivity (Wildman–Crippen MR) is 50.8 cm³/mol. The van der Waals surface area contributed by atoms with Crippen LogP contribution in [0.4, 0.5) is 22.0 Å². The first-order valence-corrected chi connectivity index (χ1v) is 4.55. The molecule has 0 aliphatic rings. The summed E-state index contributed by atoms with van der Waals surface area (Å²) in [5.74, 6) is -5.53. The highest BCUT2D eigenvalue weighted by Gasteiger charge is 2.47. The number of benzene rings is 1. The van der Waals surface area contributed by atoms with E-state index in [1.807, 2.05) is 0 Å². The van der Waals surface area contributed by atoms with Gasteiger partial charge in [-0.25, -0.2) is 13.2 Å². The summed E-state index contributed by atoms with van der Waals surface area (Å²) in [7, 11) is 1.19. The molecule has 0 aromatic heterocycles. The third kappa shape index (κ3) is 2.66. The lowest BCUT2D eigenvalue weighted by Crippen LogP contribution is -2.39. The molecule has 7 heteroatoms. The molecule has 0 fully saturated rings. The summed E-state index contributed by atoms with van der Waals surface area (Å²) in [5.41, 5.74) is 4.57. The van der Waals surface area contributed by atoms with Gasteiger partial charge in [-0.15, -0.1) is 0 Å². The minimum absolute atomic E-state index is 0.179. The Labute approximate surface area is 94.2 Å². The molecule has 0 heterocycles. The average molecular weight is 255 g/mol. The van der Waals surface area contributed by atoms with Crippen LogP contribution in [0.15, 0.2) is 18.2 Å². The maximum atomic E-state index is 13.2. The van der Waals surface area contributed by atoms with Gasteiger partial charge in [0.25, 0.3) is 0 Å².